The third-order valence-corrected chi connectivity index (χ3v) is 6.20. The molecule has 0 bridgehead atoms. The molecule has 2 atom stereocenters. The maximum atomic E-state index is 11.6. The van der Waals surface area contributed by atoms with E-state index in [0.29, 0.717) is 28.8 Å². The molecular weight excluding hydrogens is 246 g/mol. The zero-order valence-corrected chi connectivity index (χ0v) is 13.7. The van der Waals surface area contributed by atoms with Crippen LogP contribution in [-0.2, 0) is 20.4 Å². The van der Waals surface area contributed by atoms with E-state index in [1.165, 1.54) is 6.42 Å². The molecule has 0 aromatic carbocycles. The van der Waals surface area contributed by atoms with E-state index in [2.05, 4.69) is 31.7 Å². The molecule has 0 spiro atoms. The van der Waals surface area contributed by atoms with Gasteiger partial charge in [0.25, 0.3) is 0 Å². The van der Waals surface area contributed by atoms with Crippen molar-refractivity contribution in [2.75, 3.05) is 32.7 Å². The van der Waals surface area contributed by atoms with Crippen LogP contribution >= 0.6 is 0 Å². The molecule has 2 unspecified atom stereocenters. The summed E-state index contributed by atoms with van der Waals surface area (Å²) in [4.78, 5) is 11.6. The second-order valence-electron chi connectivity index (χ2n) is 5.35. The highest BCUT2D eigenvalue weighted by Gasteiger charge is 2.34. The first-order valence-electron chi connectivity index (χ1n) is 6.76. The van der Waals surface area contributed by atoms with Crippen LogP contribution in [0, 0.1) is 5.92 Å². The minimum atomic E-state index is -0.0884. The van der Waals surface area contributed by atoms with E-state index in [1.807, 2.05) is 14.0 Å². The van der Waals surface area contributed by atoms with E-state index in [9.17, 15) is 4.79 Å². The Morgan fingerprint density at radius 1 is 1.44 bits per heavy atom. The highest BCUT2D eigenvalue weighted by atomic mass is 32.2. The lowest BCUT2D eigenvalue weighted by Gasteiger charge is -2.24. The molecule has 4 heteroatoms. The number of esters is 1. The second-order valence-corrected chi connectivity index (χ2v) is 7.97. The average molecular weight is 276 g/mol. The first kappa shape index (κ1) is 17.8. The summed E-state index contributed by atoms with van der Waals surface area (Å²) in [6, 6.07) is 0. The Balaban J connectivity index is 3.89. The van der Waals surface area contributed by atoms with E-state index in [0.717, 1.165) is 12.8 Å². The molecule has 0 aliphatic carbocycles. The monoisotopic (exact) mass is 276 g/mol. The summed E-state index contributed by atoms with van der Waals surface area (Å²) in [5.74, 6) is -0.144. The molecule has 0 aliphatic rings. The number of ether oxygens (including phenoxy) is 1. The lowest BCUT2D eigenvalue weighted by Crippen LogP contribution is -2.33. The van der Waals surface area contributed by atoms with Crippen LogP contribution in [0.2, 0.25) is 0 Å². The summed E-state index contributed by atoms with van der Waals surface area (Å²) in [5.41, 5.74) is 0. The van der Waals surface area contributed by atoms with Gasteiger partial charge in [-0.05, 0) is 37.7 Å². The Kier molecular flexibility index (Phi) is 8.70. The predicted molar refractivity (Wildman–Crippen MR) is 81.2 cm³/mol. The minimum Gasteiger partial charge on any atom is -0.465 e. The number of nitrogens with one attached hydrogen (secondary N) is 1. The molecular formula is C14H30NO2S+. The topological polar surface area (TPSA) is 38.3 Å². The first-order chi connectivity index (χ1) is 8.37. The van der Waals surface area contributed by atoms with Gasteiger partial charge in [0, 0.05) is 13.0 Å². The summed E-state index contributed by atoms with van der Waals surface area (Å²) >= 11 is 0. The highest BCUT2D eigenvalue weighted by molar-refractivity contribution is 7.96. The molecule has 0 heterocycles. The van der Waals surface area contributed by atoms with Gasteiger partial charge in [0.1, 0.15) is 4.75 Å². The molecule has 0 rings (SSSR count). The predicted octanol–water partition coefficient (Wildman–Crippen LogP) is 2.21. The molecule has 0 aromatic rings. The van der Waals surface area contributed by atoms with Crippen LogP contribution in [0.15, 0.2) is 0 Å². The zero-order chi connectivity index (χ0) is 14.2. The fourth-order valence-corrected chi connectivity index (χ4v) is 2.95. The van der Waals surface area contributed by atoms with Gasteiger partial charge in [0.15, 0.2) is 0 Å². The molecule has 0 aliphatic heterocycles. The van der Waals surface area contributed by atoms with E-state index < -0.39 is 0 Å². The Hall–Kier alpha value is -0.220. The minimum absolute atomic E-state index is 0.0560. The third-order valence-electron chi connectivity index (χ3n) is 3.74. The summed E-state index contributed by atoms with van der Waals surface area (Å²) < 4.78 is 5.69. The smallest absolute Gasteiger partial charge is 0.309 e. The third kappa shape index (κ3) is 6.10. The van der Waals surface area contributed by atoms with Gasteiger partial charge in [0.2, 0.25) is 0 Å². The highest BCUT2D eigenvalue weighted by Crippen LogP contribution is 2.26. The van der Waals surface area contributed by atoms with Crippen molar-refractivity contribution < 1.29 is 9.53 Å². The van der Waals surface area contributed by atoms with Gasteiger partial charge in [-0.2, -0.15) is 0 Å². The van der Waals surface area contributed by atoms with Crippen molar-refractivity contribution in [3.63, 3.8) is 0 Å². The van der Waals surface area contributed by atoms with E-state index >= 15 is 0 Å². The molecule has 3 nitrogen and oxygen atoms in total. The van der Waals surface area contributed by atoms with Crippen molar-refractivity contribution in [2.45, 2.75) is 44.8 Å². The number of carbonyl (C=O) groups excluding carboxylic acids is 1. The molecule has 108 valence electrons. The van der Waals surface area contributed by atoms with Gasteiger partial charge >= 0.3 is 5.97 Å². The molecule has 0 amide bonds. The van der Waals surface area contributed by atoms with E-state index in [1.54, 1.807) is 0 Å². The Morgan fingerprint density at radius 3 is 2.50 bits per heavy atom. The van der Waals surface area contributed by atoms with Crippen LogP contribution in [0.25, 0.3) is 0 Å². The largest absolute Gasteiger partial charge is 0.465 e. The number of hydrogen-bond donors (Lipinski definition) is 1. The van der Waals surface area contributed by atoms with Crippen LogP contribution in [0.3, 0.4) is 0 Å². The van der Waals surface area contributed by atoms with Crippen molar-refractivity contribution in [1.82, 2.24) is 5.32 Å². The van der Waals surface area contributed by atoms with Crippen LogP contribution in [-0.4, -0.2) is 43.4 Å². The molecule has 18 heavy (non-hydrogen) atoms. The van der Waals surface area contributed by atoms with Gasteiger partial charge in [0.05, 0.1) is 25.0 Å². The van der Waals surface area contributed by atoms with Crippen molar-refractivity contribution in [3.05, 3.63) is 0 Å². The van der Waals surface area contributed by atoms with Crippen molar-refractivity contribution in [1.29, 1.82) is 0 Å². The first-order valence-corrected chi connectivity index (χ1v) is 8.80. The number of hydrogen-bond acceptors (Lipinski definition) is 3. The van der Waals surface area contributed by atoms with Crippen molar-refractivity contribution in [3.8, 4) is 0 Å². The number of carbonyl (C=O) groups is 1. The zero-order valence-electron chi connectivity index (χ0n) is 12.8. The summed E-state index contributed by atoms with van der Waals surface area (Å²) in [7, 11) is 2.25. The fourth-order valence-electron chi connectivity index (χ4n) is 1.82. The Morgan fingerprint density at radius 2 is 2.06 bits per heavy atom. The van der Waals surface area contributed by atoms with Crippen molar-refractivity contribution in [2.24, 2.45) is 5.92 Å². The van der Waals surface area contributed by atoms with Gasteiger partial charge < -0.3 is 10.1 Å². The standard InChI is InChI=1S/C14H30NO2S/c1-7-14(3,18(5)6)9-8-10-17-13(16)12(2)11-15-4/h12,15H,7-11H2,1-6H3/q+1. The van der Waals surface area contributed by atoms with Crippen LogP contribution < -0.4 is 5.32 Å². The number of rotatable bonds is 9. The van der Waals surface area contributed by atoms with Gasteiger partial charge in [-0.3, -0.25) is 4.79 Å². The maximum absolute atomic E-state index is 11.6. The fraction of sp³-hybridized carbons (Fsp3) is 0.929. The normalized spacial score (nSPS) is 16.4. The summed E-state index contributed by atoms with van der Waals surface area (Å²) in [6.45, 7) is 7.71. The van der Waals surface area contributed by atoms with E-state index in [-0.39, 0.29) is 11.9 Å². The van der Waals surface area contributed by atoms with Crippen molar-refractivity contribution >= 4 is 16.9 Å². The van der Waals surface area contributed by atoms with E-state index in [4.69, 9.17) is 4.74 Å². The molecule has 0 aromatic heterocycles. The van der Waals surface area contributed by atoms with Gasteiger partial charge in [-0.25, -0.2) is 0 Å². The summed E-state index contributed by atoms with van der Waals surface area (Å²) in [5, 5.41) is 2.99. The molecule has 0 saturated heterocycles. The molecule has 0 saturated carbocycles. The lowest BCUT2D eigenvalue weighted by atomic mass is 10.0. The molecule has 1 N–H and O–H groups in total. The molecule has 0 fully saturated rings. The average Bonchev–Trinajstić information content (AvgIpc) is 2.33. The Labute approximate surface area is 115 Å². The Bertz CT molecular complexity index is 246. The second kappa shape index (κ2) is 8.81. The van der Waals surface area contributed by atoms with Crippen LogP contribution in [0.1, 0.15) is 40.0 Å². The summed E-state index contributed by atoms with van der Waals surface area (Å²) in [6.07, 6.45) is 7.88. The SMILES string of the molecule is CCC(C)(CCCOC(=O)C(C)CNC)[S+](C)C. The van der Waals surface area contributed by atoms with Crippen LogP contribution in [0.4, 0.5) is 0 Å². The van der Waals surface area contributed by atoms with Crippen LogP contribution in [0.5, 0.6) is 0 Å². The van der Waals surface area contributed by atoms with Gasteiger partial charge in [-0.15, -0.1) is 0 Å². The van der Waals surface area contributed by atoms with Gasteiger partial charge in [-0.1, -0.05) is 13.8 Å². The maximum Gasteiger partial charge on any atom is 0.309 e. The quantitative estimate of drug-likeness (QED) is 0.399. The molecule has 0 radical (unpaired) electrons. The lowest BCUT2D eigenvalue weighted by molar-refractivity contribution is -0.147.